The quantitative estimate of drug-likeness (QED) is 0.870. The van der Waals surface area contributed by atoms with Crippen molar-refractivity contribution in [1.29, 1.82) is 0 Å². The number of benzene rings is 2. The van der Waals surface area contributed by atoms with E-state index in [9.17, 15) is 9.50 Å². The van der Waals surface area contributed by atoms with Crippen LogP contribution in [0, 0.1) is 19.7 Å². The number of rotatable bonds is 3. The molecule has 0 amide bonds. The van der Waals surface area contributed by atoms with Gasteiger partial charge >= 0.3 is 0 Å². The zero-order chi connectivity index (χ0) is 14.0. The Morgan fingerprint density at radius 3 is 2.32 bits per heavy atom. The molecule has 0 saturated heterocycles. The van der Waals surface area contributed by atoms with Gasteiger partial charge in [-0.05, 0) is 54.8 Å². The van der Waals surface area contributed by atoms with Gasteiger partial charge in [-0.3, -0.25) is 0 Å². The second-order valence-electron chi connectivity index (χ2n) is 4.60. The molecule has 0 bridgehead atoms. The van der Waals surface area contributed by atoms with E-state index in [0.29, 0.717) is 12.1 Å². The Hall–Kier alpha value is -1.55. The van der Waals surface area contributed by atoms with Crippen molar-refractivity contribution in [2.45, 2.75) is 20.4 Å². The maximum atomic E-state index is 13.1. The summed E-state index contributed by atoms with van der Waals surface area (Å²) in [5.41, 5.74) is 3.96. The molecule has 0 saturated carbocycles. The Morgan fingerprint density at radius 2 is 1.74 bits per heavy atom. The van der Waals surface area contributed by atoms with Gasteiger partial charge in [0.1, 0.15) is 11.6 Å². The summed E-state index contributed by atoms with van der Waals surface area (Å²) in [5, 5.41) is 12.6. The summed E-state index contributed by atoms with van der Waals surface area (Å²) in [4.78, 5) is 0. The van der Waals surface area contributed by atoms with Crippen LogP contribution in [0.3, 0.4) is 0 Å². The minimum absolute atomic E-state index is 0.0556. The van der Waals surface area contributed by atoms with Crippen molar-refractivity contribution in [3.05, 3.63) is 57.3 Å². The Labute approximate surface area is 120 Å². The van der Waals surface area contributed by atoms with Crippen LogP contribution in [0.25, 0.3) is 0 Å². The Kier molecular flexibility index (Phi) is 4.10. The number of aromatic hydroxyl groups is 1. The number of anilines is 1. The standard InChI is InChI=1S/C15H15BrFNO/c1-9-3-13(4-10(2)15(9)16)18-8-11-5-12(17)7-14(19)6-11/h3-7,18-19H,8H2,1-2H3. The highest BCUT2D eigenvalue weighted by Gasteiger charge is 2.03. The van der Waals surface area contributed by atoms with Crippen molar-refractivity contribution < 1.29 is 9.50 Å². The molecule has 2 aromatic carbocycles. The van der Waals surface area contributed by atoms with E-state index < -0.39 is 5.82 Å². The van der Waals surface area contributed by atoms with E-state index in [1.165, 1.54) is 6.07 Å². The maximum Gasteiger partial charge on any atom is 0.127 e. The monoisotopic (exact) mass is 323 g/mol. The first-order valence-electron chi connectivity index (χ1n) is 5.95. The lowest BCUT2D eigenvalue weighted by molar-refractivity contribution is 0.468. The third-order valence-electron chi connectivity index (χ3n) is 2.88. The molecule has 19 heavy (non-hydrogen) atoms. The van der Waals surface area contributed by atoms with Crippen LogP contribution < -0.4 is 5.32 Å². The van der Waals surface area contributed by atoms with Crippen molar-refractivity contribution in [1.82, 2.24) is 0 Å². The van der Waals surface area contributed by atoms with Crippen LogP contribution in [0.4, 0.5) is 10.1 Å². The van der Waals surface area contributed by atoms with Gasteiger partial charge < -0.3 is 10.4 Å². The van der Waals surface area contributed by atoms with Gasteiger partial charge in [0, 0.05) is 22.8 Å². The summed E-state index contributed by atoms with van der Waals surface area (Å²) >= 11 is 3.52. The van der Waals surface area contributed by atoms with Gasteiger partial charge in [-0.25, -0.2) is 4.39 Å². The van der Waals surface area contributed by atoms with Crippen LogP contribution in [-0.4, -0.2) is 5.11 Å². The Bertz CT molecular complexity index is 570. The first-order chi connectivity index (χ1) is 8.95. The van der Waals surface area contributed by atoms with Crippen LogP contribution in [0.2, 0.25) is 0 Å². The maximum absolute atomic E-state index is 13.1. The normalized spacial score (nSPS) is 10.5. The van der Waals surface area contributed by atoms with Crippen LogP contribution in [0.1, 0.15) is 16.7 Å². The fraction of sp³-hybridized carbons (Fsp3) is 0.200. The van der Waals surface area contributed by atoms with Gasteiger partial charge in [0.15, 0.2) is 0 Å². The number of phenols is 1. The van der Waals surface area contributed by atoms with Gasteiger partial charge in [0.05, 0.1) is 0 Å². The Balaban J connectivity index is 2.14. The zero-order valence-corrected chi connectivity index (χ0v) is 12.4. The SMILES string of the molecule is Cc1cc(NCc2cc(O)cc(F)c2)cc(C)c1Br. The minimum Gasteiger partial charge on any atom is -0.508 e. The number of nitrogens with one attached hydrogen (secondary N) is 1. The lowest BCUT2D eigenvalue weighted by atomic mass is 10.1. The summed E-state index contributed by atoms with van der Waals surface area (Å²) in [6.07, 6.45) is 0. The molecule has 0 heterocycles. The summed E-state index contributed by atoms with van der Waals surface area (Å²) < 4.78 is 14.2. The molecule has 0 unspecified atom stereocenters. The van der Waals surface area contributed by atoms with Crippen molar-refractivity contribution in [3.8, 4) is 5.75 Å². The molecule has 0 atom stereocenters. The smallest absolute Gasteiger partial charge is 0.127 e. The third-order valence-corrected chi connectivity index (χ3v) is 4.13. The zero-order valence-electron chi connectivity index (χ0n) is 10.8. The highest BCUT2D eigenvalue weighted by molar-refractivity contribution is 9.10. The van der Waals surface area contributed by atoms with E-state index in [1.54, 1.807) is 6.07 Å². The minimum atomic E-state index is -0.431. The predicted molar refractivity (Wildman–Crippen MR) is 79.0 cm³/mol. The number of phenolic OH excluding ortho intramolecular Hbond substituents is 1. The lowest BCUT2D eigenvalue weighted by Gasteiger charge is -2.11. The highest BCUT2D eigenvalue weighted by Crippen LogP contribution is 2.25. The summed E-state index contributed by atoms with van der Waals surface area (Å²) in [6.45, 7) is 4.51. The van der Waals surface area contributed by atoms with Gasteiger partial charge in [-0.1, -0.05) is 15.9 Å². The lowest BCUT2D eigenvalue weighted by Crippen LogP contribution is -2.01. The molecule has 0 aromatic heterocycles. The fourth-order valence-electron chi connectivity index (χ4n) is 1.99. The van der Waals surface area contributed by atoms with Crippen molar-refractivity contribution in [3.63, 3.8) is 0 Å². The van der Waals surface area contributed by atoms with Gasteiger partial charge in [0.2, 0.25) is 0 Å². The van der Waals surface area contributed by atoms with E-state index in [-0.39, 0.29) is 5.75 Å². The molecule has 2 nitrogen and oxygen atoms in total. The molecule has 100 valence electrons. The summed E-state index contributed by atoms with van der Waals surface area (Å²) in [5.74, 6) is -0.486. The highest BCUT2D eigenvalue weighted by atomic mass is 79.9. The topological polar surface area (TPSA) is 32.3 Å². The molecule has 2 N–H and O–H groups in total. The average molecular weight is 324 g/mol. The van der Waals surface area contributed by atoms with Gasteiger partial charge in [0.25, 0.3) is 0 Å². The first kappa shape index (κ1) is 13.9. The molecule has 4 heteroatoms. The van der Waals surface area contributed by atoms with Crippen LogP contribution >= 0.6 is 15.9 Å². The molecule has 2 rings (SSSR count). The molecule has 0 aliphatic carbocycles. The van der Waals surface area contributed by atoms with E-state index in [0.717, 1.165) is 27.4 Å². The van der Waals surface area contributed by atoms with Crippen molar-refractivity contribution in [2.24, 2.45) is 0 Å². The summed E-state index contributed by atoms with van der Waals surface area (Å²) in [7, 11) is 0. The number of hydrogen-bond acceptors (Lipinski definition) is 2. The molecule has 0 aliphatic rings. The molecule has 0 aliphatic heterocycles. The van der Waals surface area contributed by atoms with Gasteiger partial charge in [-0.2, -0.15) is 0 Å². The summed E-state index contributed by atoms with van der Waals surface area (Å²) in [6, 6.07) is 8.10. The number of halogens is 2. The van der Waals surface area contributed by atoms with Crippen molar-refractivity contribution >= 4 is 21.6 Å². The van der Waals surface area contributed by atoms with Crippen LogP contribution in [0.15, 0.2) is 34.8 Å². The van der Waals surface area contributed by atoms with E-state index in [1.807, 2.05) is 26.0 Å². The third kappa shape index (κ3) is 3.47. The molecule has 0 spiro atoms. The predicted octanol–water partition coefficient (Wildman–Crippen LogP) is 4.52. The largest absolute Gasteiger partial charge is 0.508 e. The fourth-order valence-corrected chi connectivity index (χ4v) is 2.22. The molecule has 0 radical (unpaired) electrons. The Morgan fingerprint density at radius 1 is 1.11 bits per heavy atom. The average Bonchev–Trinajstić information content (AvgIpc) is 2.32. The van der Waals surface area contributed by atoms with Gasteiger partial charge in [-0.15, -0.1) is 0 Å². The van der Waals surface area contributed by atoms with Crippen molar-refractivity contribution in [2.75, 3.05) is 5.32 Å². The molecular weight excluding hydrogens is 309 g/mol. The van der Waals surface area contributed by atoms with Crippen LogP contribution in [-0.2, 0) is 6.54 Å². The second kappa shape index (κ2) is 5.61. The second-order valence-corrected chi connectivity index (χ2v) is 5.39. The first-order valence-corrected chi connectivity index (χ1v) is 6.74. The van der Waals surface area contributed by atoms with Crippen LogP contribution in [0.5, 0.6) is 5.75 Å². The van der Waals surface area contributed by atoms with E-state index in [4.69, 9.17) is 0 Å². The number of hydrogen-bond donors (Lipinski definition) is 2. The number of aryl methyl sites for hydroxylation is 2. The molecule has 2 aromatic rings. The molecular formula is C15H15BrFNO. The molecule has 0 fully saturated rings. The van der Waals surface area contributed by atoms with E-state index in [2.05, 4.69) is 21.2 Å². The van der Waals surface area contributed by atoms with E-state index >= 15 is 0 Å².